The summed E-state index contributed by atoms with van der Waals surface area (Å²) in [6.45, 7) is 4.47. The van der Waals surface area contributed by atoms with Crippen molar-refractivity contribution in [3.05, 3.63) is 88.0 Å². The molecule has 13 heteroatoms. The second kappa shape index (κ2) is 13.8. The van der Waals surface area contributed by atoms with Crippen LogP contribution in [0.5, 0.6) is 11.5 Å². The maximum absolute atomic E-state index is 14.0. The molecule has 0 heterocycles. The molecule has 0 aliphatic heterocycles. The Balaban J connectivity index is 2.08. The van der Waals surface area contributed by atoms with E-state index < -0.39 is 39.3 Å². The van der Waals surface area contributed by atoms with Crippen molar-refractivity contribution in [3.63, 3.8) is 0 Å². The fourth-order valence-electron chi connectivity index (χ4n) is 4.18. The zero-order chi connectivity index (χ0) is 31.0. The average molecular weight is 599 g/mol. The number of carbonyl (C=O) groups excluding carboxylic acids is 2. The molecule has 0 aliphatic carbocycles. The van der Waals surface area contributed by atoms with Gasteiger partial charge >= 0.3 is 0 Å². The van der Waals surface area contributed by atoms with Gasteiger partial charge in [-0.05, 0) is 68.8 Å². The first-order valence-corrected chi connectivity index (χ1v) is 14.5. The van der Waals surface area contributed by atoms with Gasteiger partial charge in [0.2, 0.25) is 11.8 Å². The smallest absolute Gasteiger partial charge is 0.273 e. The van der Waals surface area contributed by atoms with Gasteiger partial charge < -0.3 is 19.7 Å². The Morgan fingerprint density at radius 1 is 0.976 bits per heavy atom. The topological polar surface area (TPSA) is 148 Å². The summed E-state index contributed by atoms with van der Waals surface area (Å²) in [7, 11) is -1.51. The highest BCUT2D eigenvalue weighted by Crippen LogP contribution is 2.29. The van der Waals surface area contributed by atoms with Crippen LogP contribution in [-0.2, 0) is 26.2 Å². The number of hydrogen-bond donors (Lipinski definition) is 1. The number of nitrogens with one attached hydrogen (secondary N) is 1. The SMILES string of the molecule is CCNC(=O)[C@H](C)N(Cc1ccc(OC)cc1)C(=O)CN(c1ccc(OC)cc1)S(=O)(=O)c1ccc(C)c([N+](=O)[O-])c1. The lowest BCUT2D eigenvalue weighted by Crippen LogP contribution is -2.51. The van der Waals surface area contributed by atoms with Gasteiger partial charge in [-0.2, -0.15) is 0 Å². The largest absolute Gasteiger partial charge is 0.497 e. The number of nitro benzene ring substituents is 1. The molecule has 0 spiro atoms. The van der Waals surface area contributed by atoms with Gasteiger partial charge in [-0.1, -0.05) is 18.2 Å². The van der Waals surface area contributed by atoms with Crippen molar-refractivity contribution in [2.75, 3.05) is 31.6 Å². The molecule has 224 valence electrons. The average Bonchev–Trinajstić information content (AvgIpc) is 2.98. The Bertz CT molecular complexity index is 1530. The third-order valence-electron chi connectivity index (χ3n) is 6.63. The molecule has 1 atom stereocenters. The van der Waals surface area contributed by atoms with Crippen molar-refractivity contribution in [1.29, 1.82) is 0 Å². The summed E-state index contributed by atoms with van der Waals surface area (Å²) in [5, 5.41) is 14.3. The van der Waals surface area contributed by atoms with Crippen LogP contribution in [-0.4, -0.2) is 63.4 Å². The zero-order valence-corrected chi connectivity index (χ0v) is 24.9. The molecule has 3 aromatic rings. The van der Waals surface area contributed by atoms with Gasteiger partial charge in [-0.3, -0.25) is 24.0 Å². The first-order valence-electron chi connectivity index (χ1n) is 13.0. The summed E-state index contributed by atoms with van der Waals surface area (Å²) < 4.78 is 39.2. The van der Waals surface area contributed by atoms with Gasteiger partial charge in [0.05, 0.1) is 29.7 Å². The Labute approximate surface area is 245 Å². The highest BCUT2D eigenvalue weighted by atomic mass is 32.2. The van der Waals surface area contributed by atoms with Gasteiger partial charge in [-0.15, -0.1) is 0 Å². The molecule has 0 aromatic heterocycles. The fraction of sp³-hybridized carbons (Fsp3) is 0.310. The van der Waals surface area contributed by atoms with Crippen LogP contribution in [0.25, 0.3) is 0 Å². The minimum Gasteiger partial charge on any atom is -0.497 e. The molecule has 0 saturated carbocycles. The van der Waals surface area contributed by atoms with Gasteiger partial charge in [-0.25, -0.2) is 8.42 Å². The van der Waals surface area contributed by atoms with Crippen LogP contribution in [0.4, 0.5) is 11.4 Å². The van der Waals surface area contributed by atoms with Gasteiger partial charge in [0, 0.05) is 24.7 Å². The lowest BCUT2D eigenvalue weighted by atomic mass is 10.1. The van der Waals surface area contributed by atoms with Crippen LogP contribution in [0.1, 0.15) is 25.0 Å². The number of nitrogens with zero attached hydrogens (tertiary/aromatic N) is 3. The van der Waals surface area contributed by atoms with Gasteiger partial charge in [0.25, 0.3) is 15.7 Å². The van der Waals surface area contributed by atoms with Crippen molar-refractivity contribution < 1.29 is 32.4 Å². The molecule has 0 bridgehead atoms. The summed E-state index contributed by atoms with van der Waals surface area (Å²) in [5.74, 6) is -0.00490. The predicted octanol–water partition coefficient (Wildman–Crippen LogP) is 3.67. The van der Waals surface area contributed by atoms with Gasteiger partial charge in [0.15, 0.2) is 0 Å². The van der Waals surface area contributed by atoms with E-state index in [0.29, 0.717) is 23.6 Å². The number of sulfonamides is 1. The maximum Gasteiger partial charge on any atom is 0.273 e. The number of anilines is 1. The molecule has 1 N–H and O–H groups in total. The van der Waals surface area contributed by atoms with E-state index in [2.05, 4.69) is 5.32 Å². The van der Waals surface area contributed by atoms with Crippen LogP contribution in [0.3, 0.4) is 0 Å². The fourth-order valence-corrected chi connectivity index (χ4v) is 5.62. The first-order chi connectivity index (χ1) is 19.9. The van der Waals surface area contributed by atoms with E-state index in [0.717, 1.165) is 10.4 Å². The number of methoxy groups -OCH3 is 2. The third kappa shape index (κ3) is 7.35. The second-order valence-corrected chi connectivity index (χ2v) is 11.2. The number of ether oxygens (including phenoxy) is 2. The Kier molecular flexibility index (Phi) is 10.5. The summed E-state index contributed by atoms with van der Waals surface area (Å²) in [5.41, 5.74) is 0.728. The lowest BCUT2D eigenvalue weighted by Gasteiger charge is -2.32. The monoisotopic (exact) mass is 598 g/mol. The number of amides is 2. The number of benzene rings is 3. The Morgan fingerprint density at radius 3 is 2.07 bits per heavy atom. The quantitative estimate of drug-likeness (QED) is 0.231. The van der Waals surface area contributed by atoms with E-state index in [1.165, 1.54) is 62.4 Å². The van der Waals surface area contributed by atoms with E-state index in [1.54, 1.807) is 38.1 Å². The second-order valence-electron chi connectivity index (χ2n) is 9.36. The van der Waals surface area contributed by atoms with Crippen molar-refractivity contribution in [2.45, 2.75) is 38.3 Å². The number of nitro groups is 1. The molecule has 3 aromatic carbocycles. The minimum atomic E-state index is -4.49. The van der Waals surface area contributed by atoms with Gasteiger partial charge in [0.1, 0.15) is 24.1 Å². The van der Waals surface area contributed by atoms with E-state index in [-0.39, 0.29) is 28.4 Å². The lowest BCUT2D eigenvalue weighted by molar-refractivity contribution is -0.385. The zero-order valence-electron chi connectivity index (χ0n) is 24.1. The molecule has 0 radical (unpaired) electrons. The highest BCUT2D eigenvalue weighted by molar-refractivity contribution is 7.92. The predicted molar refractivity (Wildman–Crippen MR) is 157 cm³/mol. The van der Waals surface area contributed by atoms with Crippen LogP contribution in [0.2, 0.25) is 0 Å². The maximum atomic E-state index is 14.0. The summed E-state index contributed by atoms with van der Waals surface area (Å²) >= 11 is 0. The minimum absolute atomic E-state index is 0.00757. The van der Waals surface area contributed by atoms with Crippen LogP contribution in [0.15, 0.2) is 71.6 Å². The molecular formula is C29H34N4O8S. The molecular weight excluding hydrogens is 564 g/mol. The summed E-state index contributed by atoms with van der Waals surface area (Å²) in [4.78, 5) is 38.6. The normalized spacial score (nSPS) is 11.7. The Hall–Kier alpha value is -4.65. The molecule has 2 amide bonds. The highest BCUT2D eigenvalue weighted by Gasteiger charge is 2.33. The summed E-state index contributed by atoms with van der Waals surface area (Å²) in [6.07, 6.45) is 0. The molecule has 12 nitrogen and oxygen atoms in total. The number of rotatable bonds is 13. The molecule has 0 aliphatic rings. The van der Waals surface area contributed by atoms with Crippen LogP contribution < -0.4 is 19.1 Å². The van der Waals surface area contributed by atoms with Crippen molar-refractivity contribution in [1.82, 2.24) is 10.2 Å². The molecule has 0 saturated heterocycles. The van der Waals surface area contributed by atoms with Crippen molar-refractivity contribution in [2.24, 2.45) is 0 Å². The number of likely N-dealkylation sites (N-methyl/N-ethyl adjacent to an activating group) is 1. The molecule has 3 rings (SSSR count). The molecule has 42 heavy (non-hydrogen) atoms. The number of hydrogen-bond acceptors (Lipinski definition) is 8. The summed E-state index contributed by atoms with van der Waals surface area (Å²) in [6, 6.07) is 15.5. The molecule has 0 unspecified atom stereocenters. The van der Waals surface area contributed by atoms with Crippen LogP contribution in [0, 0.1) is 17.0 Å². The standard InChI is InChI=1S/C29H34N4O8S/c1-6-30-29(35)21(3)31(18-22-8-12-24(40-4)13-9-22)28(34)19-32(23-10-14-25(41-5)15-11-23)42(38,39)26-16-7-20(2)27(17-26)33(36)37/h7-17,21H,6,18-19H2,1-5H3,(H,30,35)/t21-/m0/s1. The van der Waals surface area contributed by atoms with Crippen molar-refractivity contribution >= 4 is 33.2 Å². The number of carbonyl (C=O) groups is 2. The van der Waals surface area contributed by atoms with Crippen LogP contribution >= 0.6 is 0 Å². The van der Waals surface area contributed by atoms with Crippen molar-refractivity contribution in [3.8, 4) is 11.5 Å². The Morgan fingerprint density at radius 2 is 1.55 bits per heavy atom. The van der Waals surface area contributed by atoms with E-state index >= 15 is 0 Å². The van der Waals surface area contributed by atoms with E-state index in [1.807, 2.05) is 0 Å². The van der Waals surface area contributed by atoms with E-state index in [9.17, 15) is 28.1 Å². The number of aryl methyl sites for hydroxylation is 1. The van der Waals surface area contributed by atoms with E-state index in [4.69, 9.17) is 9.47 Å². The first kappa shape index (κ1) is 31.9. The third-order valence-corrected chi connectivity index (χ3v) is 8.40. The molecule has 0 fully saturated rings.